The maximum Gasteiger partial charge on any atom is 0.275 e. The molecular formula is C13H13N2O3-. The molecule has 0 amide bonds. The normalized spacial score (nSPS) is 10.6. The molecule has 0 unspecified atom stereocenters. The summed E-state index contributed by atoms with van der Waals surface area (Å²) in [5, 5.41) is 13.5. The predicted octanol–water partition coefficient (Wildman–Crippen LogP) is 0.0748. The Hall–Kier alpha value is -2.30. The van der Waals surface area contributed by atoms with Gasteiger partial charge in [0.1, 0.15) is 0 Å². The smallest absolute Gasteiger partial charge is 0.275 e. The van der Waals surface area contributed by atoms with Gasteiger partial charge in [0, 0.05) is 23.6 Å². The van der Waals surface area contributed by atoms with Crippen LogP contribution in [0.1, 0.15) is 16.8 Å². The van der Waals surface area contributed by atoms with Crippen LogP contribution >= 0.6 is 0 Å². The number of carboxylic acid groups (broad SMARTS) is 1. The minimum atomic E-state index is -1.26. The Morgan fingerprint density at radius 3 is 2.72 bits per heavy atom. The fourth-order valence-corrected chi connectivity index (χ4v) is 1.88. The molecule has 2 aromatic rings. The van der Waals surface area contributed by atoms with Crippen LogP contribution in [0, 0.1) is 13.8 Å². The second-order valence-electron chi connectivity index (χ2n) is 4.24. The first-order valence-electron chi connectivity index (χ1n) is 5.56. The molecule has 2 rings (SSSR count). The molecule has 1 aromatic carbocycles. The number of carbonyl (C=O) groups excluding carboxylic acids is 1. The number of nitrogens with zero attached hydrogens (tertiary/aromatic N) is 1. The summed E-state index contributed by atoms with van der Waals surface area (Å²) in [6.45, 7) is 3.60. The highest BCUT2D eigenvalue weighted by molar-refractivity contribution is 5.68. The van der Waals surface area contributed by atoms with Crippen molar-refractivity contribution < 1.29 is 9.90 Å². The van der Waals surface area contributed by atoms with Crippen LogP contribution in [-0.2, 0) is 11.2 Å². The molecular weight excluding hydrogens is 232 g/mol. The van der Waals surface area contributed by atoms with E-state index < -0.39 is 5.97 Å². The van der Waals surface area contributed by atoms with Crippen molar-refractivity contribution in [3.05, 3.63) is 51.4 Å². The van der Waals surface area contributed by atoms with Crippen LogP contribution in [0.2, 0.25) is 0 Å². The standard InChI is InChI=1S/C13H14N2O3/c1-8-4-3-5-10(6-8)15-13(18)11(7-12(16)17)9(2)14-15/h3-6,14H,7H2,1-2H3,(H,16,17)/p-1. The molecule has 0 bridgehead atoms. The van der Waals surface area contributed by atoms with Gasteiger partial charge < -0.3 is 9.90 Å². The molecule has 1 aromatic heterocycles. The quantitative estimate of drug-likeness (QED) is 0.831. The van der Waals surface area contributed by atoms with Gasteiger partial charge in [0.25, 0.3) is 5.56 Å². The SMILES string of the molecule is Cc1cccc(-n2[nH]c(C)c(CC(=O)[O-])c2=O)c1. The number of H-pyrrole nitrogens is 1. The number of hydrogen-bond donors (Lipinski definition) is 1. The van der Waals surface area contributed by atoms with Crippen molar-refractivity contribution in [2.24, 2.45) is 0 Å². The summed E-state index contributed by atoms with van der Waals surface area (Å²) in [7, 11) is 0. The lowest BCUT2D eigenvalue weighted by molar-refractivity contribution is -0.304. The molecule has 1 N–H and O–H groups in total. The molecule has 94 valence electrons. The lowest BCUT2D eigenvalue weighted by Gasteiger charge is -2.02. The van der Waals surface area contributed by atoms with E-state index in [4.69, 9.17) is 0 Å². The maximum absolute atomic E-state index is 12.1. The zero-order valence-corrected chi connectivity index (χ0v) is 10.2. The number of aromatic amines is 1. The van der Waals surface area contributed by atoms with Gasteiger partial charge in [-0.05, 0) is 31.5 Å². The maximum atomic E-state index is 12.1. The van der Waals surface area contributed by atoms with Crippen LogP contribution < -0.4 is 10.7 Å². The monoisotopic (exact) mass is 245 g/mol. The van der Waals surface area contributed by atoms with Crippen molar-refractivity contribution in [3.8, 4) is 5.69 Å². The molecule has 0 spiro atoms. The van der Waals surface area contributed by atoms with E-state index in [2.05, 4.69) is 5.10 Å². The Bertz CT molecular complexity index is 652. The van der Waals surface area contributed by atoms with Crippen LogP contribution in [0.5, 0.6) is 0 Å². The van der Waals surface area contributed by atoms with E-state index in [1.165, 1.54) is 4.68 Å². The van der Waals surface area contributed by atoms with Gasteiger partial charge >= 0.3 is 0 Å². The highest BCUT2D eigenvalue weighted by Gasteiger charge is 2.12. The number of nitrogens with one attached hydrogen (secondary N) is 1. The number of hydrogen-bond acceptors (Lipinski definition) is 3. The van der Waals surface area contributed by atoms with Crippen molar-refractivity contribution in [1.29, 1.82) is 0 Å². The fourth-order valence-electron chi connectivity index (χ4n) is 1.88. The predicted molar refractivity (Wildman–Crippen MR) is 64.6 cm³/mol. The van der Waals surface area contributed by atoms with Gasteiger partial charge in [-0.3, -0.25) is 9.89 Å². The van der Waals surface area contributed by atoms with Gasteiger partial charge in [-0.25, -0.2) is 4.68 Å². The van der Waals surface area contributed by atoms with E-state index in [-0.39, 0.29) is 17.5 Å². The molecule has 0 fully saturated rings. The Morgan fingerprint density at radius 2 is 2.11 bits per heavy atom. The first-order chi connectivity index (χ1) is 8.49. The van der Waals surface area contributed by atoms with Gasteiger partial charge in [0.15, 0.2) is 0 Å². The van der Waals surface area contributed by atoms with Crippen LogP contribution in [-0.4, -0.2) is 15.7 Å². The molecule has 0 aliphatic carbocycles. The average molecular weight is 245 g/mol. The van der Waals surface area contributed by atoms with Crippen molar-refractivity contribution in [2.45, 2.75) is 20.3 Å². The summed E-state index contributed by atoms with van der Waals surface area (Å²) < 4.78 is 1.35. The number of aliphatic carboxylic acids is 1. The Labute approximate surface area is 104 Å². The lowest BCUT2D eigenvalue weighted by atomic mass is 10.2. The largest absolute Gasteiger partial charge is 0.550 e. The highest BCUT2D eigenvalue weighted by Crippen LogP contribution is 2.09. The third-order valence-corrected chi connectivity index (χ3v) is 2.77. The third-order valence-electron chi connectivity index (χ3n) is 2.77. The third kappa shape index (κ3) is 2.20. The molecule has 0 atom stereocenters. The van der Waals surface area contributed by atoms with Gasteiger partial charge in [-0.2, -0.15) is 0 Å². The minimum absolute atomic E-state index is 0.233. The summed E-state index contributed by atoms with van der Waals surface area (Å²) in [5.74, 6) is -1.26. The van der Waals surface area contributed by atoms with Gasteiger partial charge in [0.05, 0.1) is 5.69 Å². The molecule has 18 heavy (non-hydrogen) atoms. The van der Waals surface area contributed by atoms with Crippen LogP contribution in [0.15, 0.2) is 29.1 Å². The van der Waals surface area contributed by atoms with Gasteiger partial charge in [0.2, 0.25) is 0 Å². The minimum Gasteiger partial charge on any atom is -0.550 e. The van der Waals surface area contributed by atoms with E-state index in [0.717, 1.165) is 5.56 Å². The molecule has 0 saturated heterocycles. The van der Waals surface area contributed by atoms with Crippen LogP contribution in [0.4, 0.5) is 0 Å². The Morgan fingerprint density at radius 1 is 1.39 bits per heavy atom. The van der Waals surface area contributed by atoms with Crippen molar-refractivity contribution in [1.82, 2.24) is 9.78 Å². The molecule has 0 radical (unpaired) electrons. The molecule has 0 aliphatic rings. The zero-order chi connectivity index (χ0) is 13.3. The van der Waals surface area contributed by atoms with Gasteiger partial charge in [-0.1, -0.05) is 12.1 Å². The van der Waals surface area contributed by atoms with Crippen LogP contribution in [0.3, 0.4) is 0 Å². The second-order valence-corrected chi connectivity index (χ2v) is 4.24. The number of aryl methyl sites for hydroxylation is 2. The van der Waals surface area contributed by atoms with E-state index in [0.29, 0.717) is 11.4 Å². The Balaban J connectivity index is 2.54. The van der Waals surface area contributed by atoms with Crippen molar-refractivity contribution >= 4 is 5.97 Å². The van der Waals surface area contributed by atoms with Crippen LogP contribution in [0.25, 0.3) is 5.69 Å². The summed E-state index contributed by atoms with van der Waals surface area (Å²) in [5.41, 5.74) is 2.14. The molecule has 1 heterocycles. The highest BCUT2D eigenvalue weighted by atomic mass is 16.4. The summed E-state index contributed by atoms with van der Waals surface area (Å²) in [4.78, 5) is 22.7. The Kier molecular flexibility index (Phi) is 3.06. The fraction of sp³-hybridized carbons (Fsp3) is 0.231. The number of aromatic nitrogens is 2. The molecule has 5 nitrogen and oxygen atoms in total. The number of carbonyl (C=O) groups is 1. The second kappa shape index (κ2) is 4.52. The van der Waals surface area contributed by atoms with E-state index in [9.17, 15) is 14.7 Å². The lowest BCUT2D eigenvalue weighted by Crippen LogP contribution is -2.28. The van der Waals surface area contributed by atoms with Crippen molar-refractivity contribution in [3.63, 3.8) is 0 Å². The summed E-state index contributed by atoms with van der Waals surface area (Å²) in [6, 6.07) is 7.39. The van der Waals surface area contributed by atoms with Gasteiger partial charge in [-0.15, -0.1) is 0 Å². The number of benzene rings is 1. The van der Waals surface area contributed by atoms with Crippen molar-refractivity contribution in [2.75, 3.05) is 0 Å². The average Bonchev–Trinajstić information content (AvgIpc) is 2.56. The topological polar surface area (TPSA) is 77.9 Å². The molecule has 5 heteroatoms. The molecule has 0 aliphatic heterocycles. The van der Waals surface area contributed by atoms with E-state index >= 15 is 0 Å². The van der Waals surface area contributed by atoms with E-state index in [1.807, 2.05) is 25.1 Å². The first kappa shape index (κ1) is 12.2. The summed E-state index contributed by atoms with van der Waals surface area (Å²) >= 11 is 0. The number of carboxylic acids is 1. The molecule has 0 saturated carbocycles. The summed E-state index contributed by atoms with van der Waals surface area (Å²) in [6.07, 6.45) is -0.375. The number of rotatable bonds is 3. The zero-order valence-electron chi connectivity index (χ0n) is 10.2. The van der Waals surface area contributed by atoms with E-state index in [1.54, 1.807) is 13.0 Å². The first-order valence-corrected chi connectivity index (χ1v) is 5.56.